The monoisotopic (exact) mass is 440 g/mol. The minimum atomic E-state index is 0.277. The molecule has 4 aromatic heterocycles. The largest absolute Gasteiger partial charge is 0.493 e. The zero-order valence-electron chi connectivity index (χ0n) is 17.9. The number of hydrogen-bond acceptors (Lipinski definition) is 9. The van der Waals surface area contributed by atoms with Gasteiger partial charge in [-0.25, -0.2) is 4.98 Å². The highest BCUT2D eigenvalue weighted by molar-refractivity contribution is 6.17. The van der Waals surface area contributed by atoms with Gasteiger partial charge in [0.1, 0.15) is 17.4 Å². The van der Waals surface area contributed by atoms with Gasteiger partial charge in [-0.2, -0.15) is 4.98 Å². The number of nitrogens with two attached hydrogens (primary N) is 2. The normalized spacial score (nSPS) is 11.0. The summed E-state index contributed by atoms with van der Waals surface area (Å²) in [6.07, 6.45) is 6.71. The van der Waals surface area contributed by atoms with Crippen molar-refractivity contribution >= 4 is 33.3 Å². The number of fused-ring (bicyclic) bond motifs is 3. The Hall–Kier alpha value is -4.66. The summed E-state index contributed by atoms with van der Waals surface area (Å²) in [5.74, 6) is 2.54. The number of hydrogen-bond donors (Lipinski definition) is 2. The summed E-state index contributed by atoms with van der Waals surface area (Å²) in [6, 6.07) is 10.8. The molecule has 0 bridgehead atoms. The van der Waals surface area contributed by atoms with E-state index >= 15 is 0 Å². The number of rotatable bonds is 5. The molecule has 4 heterocycles. The second-order valence-electron chi connectivity index (χ2n) is 7.21. The zero-order chi connectivity index (χ0) is 22.9. The van der Waals surface area contributed by atoms with Crippen LogP contribution in [0.5, 0.6) is 23.1 Å². The molecule has 0 aliphatic heterocycles. The number of aromatic nitrogens is 4. The van der Waals surface area contributed by atoms with E-state index in [1.165, 1.54) is 0 Å². The molecule has 0 atom stereocenters. The van der Waals surface area contributed by atoms with Crippen LogP contribution in [0, 0.1) is 0 Å². The molecule has 0 aliphatic rings. The highest BCUT2D eigenvalue weighted by atomic mass is 16.5. The fourth-order valence-electron chi connectivity index (χ4n) is 3.77. The van der Waals surface area contributed by atoms with Crippen LogP contribution in [0.1, 0.15) is 0 Å². The van der Waals surface area contributed by atoms with Crippen LogP contribution in [0.4, 0.5) is 11.6 Å². The van der Waals surface area contributed by atoms with Crippen molar-refractivity contribution in [3.8, 4) is 34.3 Å². The molecule has 0 radical (unpaired) electrons. The number of anilines is 2. The first-order chi connectivity index (χ1) is 16.1. The highest BCUT2D eigenvalue weighted by Gasteiger charge is 2.21. The fraction of sp³-hybridized carbons (Fsp3) is 0.0833. The number of benzene rings is 1. The van der Waals surface area contributed by atoms with E-state index in [2.05, 4.69) is 19.9 Å². The van der Waals surface area contributed by atoms with Crippen molar-refractivity contribution < 1.29 is 14.2 Å². The molecule has 0 fully saturated rings. The first-order valence-corrected chi connectivity index (χ1v) is 10.0. The molecule has 33 heavy (non-hydrogen) atoms. The SMILES string of the molecule is COc1cc2ncc3c(N)nc(Oc4ccnc(N)c4)c(-c4cccnc4)c3c2cc1OC. The fourth-order valence-corrected chi connectivity index (χ4v) is 3.77. The van der Waals surface area contributed by atoms with Gasteiger partial charge in [-0.15, -0.1) is 0 Å². The third-order valence-electron chi connectivity index (χ3n) is 5.25. The summed E-state index contributed by atoms with van der Waals surface area (Å²) >= 11 is 0. The molecule has 1 aromatic carbocycles. The van der Waals surface area contributed by atoms with Gasteiger partial charge in [0, 0.05) is 58.6 Å². The average Bonchev–Trinajstić information content (AvgIpc) is 2.83. The minimum Gasteiger partial charge on any atom is -0.493 e. The van der Waals surface area contributed by atoms with Crippen molar-refractivity contribution in [3.63, 3.8) is 0 Å². The Balaban J connectivity index is 1.89. The Morgan fingerprint density at radius 3 is 2.39 bits per heavy atom. The zero-order valence-corrected chi connectivity index (χ0v) is 17.9. The van der Waals surface area contributed by atoms with E-state index in [0.29, 0.717) is 45.4 Å². The van der Waals surface area contributed by atoms with Crippen LogP contribution in [0.15, 0.2) is 61.2 Å². The van der Waals surface area contributed by atoms with E-state index in [4.69, 9.17) is 25.7 Å². The van der Waals surface area contributed by atoms with E-state index in [-0.39, 0.29) is 5.82 Å². The summed E-state index contributed by atoms with van der Waals surface area (Å²) in [6.45, 7) is 0. The Labute approximate surface area is 189 Å². The first-order valence-electron chi connectivity index (χ1n) is 10.0. The second kappa shape index (κ2) is 8.12. The number of nitrogen functional groups attached to an aromatic ring is 2. The maximum atomic E-state index is 6.37. The molecule has 9 nitrogen and oxygen atoms in total. The smallest absolute Gasteiger partial charge is 0.229 e. The maximum absolute atomic E-state index is 6.37. The van der Waals surface area contributed by atoms with Crippen molar-refractivity contribution in [2.75, 3.05) is 25.7 Å². The highest BCUT2D eigenvalue weighted by Crippen LogP contribution is 2.44. The molecule has 9 heteroatoms. The lowest BCUT2D eigenvalue weighted by Crippen LogP contribution is -2.01. The van der Waals surface area contributed by atoms with Crippen molar-refractivity contribution in [2.24, 2.45) is 0 Å². The van der Waals surface area contributed by atoms with Gasteiger partial charge in [0.05, 0.1) is 25.3 Å². The lowest BCUT2D eigenvalue weighted by Gasteiger charge is -2.17. The Morgan fingerprint density at radius 1 is 0.848 bits per heavy atom. The molecular formula is C24H20N6O3. The predicted molar refractivity (Wildman–Crippen MR) is 127 cm³/mol. The molecule has 5 aromatic rings. The summed E-state index contributed by atoms with van der Waals surface area (Å²) in [5, 5.41) is 2.28. The maximum Gasteiger partial charge on any atom is 0.229 e. The molecule has 0 spiro atoms. The van der Waals surface area contributed by atoms with Gasteiger partial charge in [-0.05, 0) is 18.2 Å². The van der Waals surface area contributed by atoms with Gasteiger partial charge in [0.15, 0.2) is 11.5 Å². The lowest BCUT2D eigenvalue weighted by molar-refractivity contribution is 0.356. The molecule has 0 unspecified atom stereocenters. The van der Waals surface area contributed by atoms with Crippen LogP contribution in [0.2, 0.25) is 0 Å². The van der Waals surface area contributed by atoms with Gasteiger partial charge >= 0.3 is 0 Å². The van der Waals surface area contributed by atoms with E-state index < -0.39 is 0 Å². The van der Waals surface area contributed by atoms with Crippen molar-refractivity contribution in [3.05, 3.63) is 61.2 Å². The van der Waals surface area contributed by atoms with E-state index in [1.807, 2.05) is 24.3 Å². The molecule has 0 saturated carbocycles. The van der Waals surface area contributed by atoms with Crippen LogP contribution in [0.25, 0.3) is 32.8 Å². The third kappa shape index (κ3) is 3.55. The molecule has 164 valence electrons. The van der Waals surface area contributed by atoms with E-state index in [1.54, 1.807) is 51.1 Å². The molecular weight excluding hydrogens is 420 g/mol. The Kier molecular flexibility index (Phi) is 4.98. The lowest BCUT2D eigenvalue weighted by atomic mass is 9.98. The van der Waals surface area contributed by atoms with E-state index in [9.17, 15) is 0 Å². The van der Waals surface area contributed by atoms with Crippen LogP contribution in [-0.2, 0) is 0 Å². The summed E-state index contributed by atoms with van der Waals surface area (Å²) < 4.78 is 17.2. The molecule has 0 amide bonds. The van der Waals surface area contributed by atoms with Gasteiger partial charge in [0.2, 0.25) is 5.88 Å². The van der Waals surface area contributed by atoms with Crippen LogP contribution in [-0.4, -0.2) is 34.2 Å². The summed E-state index contributed by atoms with van der Waals surface area (Å²) in [7, 11) is 3.17. The number of ether oxygens (including phenoxy) is 3. The van der Waals surface area contributed by atoms with Gasteiger partial charge in [0.25, 0.3) is 0 Å². The van der Waals surface area contributed by atoms with Crippen molar-refractivity contribution in [1.29, 1.82) is 0 Å². The quantitative estimate of drug-likeness (QED) is 0.386. The van der Waals surface area contributed by atoms with Gasteiger partial charge in [-0.1, -0.05) is 6.07 Å². The molecule has 4 N–H and O–H groups in total. The third-order valence-corrected chi connectivity index (χ3v) is 5.25. The number of pyridine rings is 4. The summed E-state index contributed by atoms with van der Waals surface area (Å²) in [5.41, 5.74) is 14.4. The molecule has 0 aliphatic carbocycles. The second-order valence-corrected chi connectivity index (χ2v) is 7.21. The Bertz CT molecular complexity index is 1490. The minimum absolute atomic E-state index is 0.277. The van der Waals surface area contributed by atoms with Crippen molar-refractivity contribution in [1.82, 2.24) is 19.9 Å². The van der Waals surface area contributed by atoms with E-state index in [0.717, 1.165) is 16.3 Å². The molecule has 5 rings (SSSR count). The van der Waals surface area contributed by atoms with Crippen LogP contribution < -0.4 is 25.7 Å². The number of nitrogens with zero attached hydrogens (tertiary/aromatic N) is 4. The van der Waals surface area contributed by atoms with Crippen molar-refractivity contribution in [2.45, 2.75) is 0 Å². The standard InChI is InChI=1S/C24H20N6O3/c1-31-18-9-15-17(10-19(18)32-2)29-12-16-22(15)21(13-4-3-6-27-11-13)24(30-23(16)26)33-14-5-7-28-20(25)8-14/h3-12H,1-2H3,(H2,25,28)(H2,26,30). The summed E-state index contributed by atoms with van der Waals surface area (Å²) in [4.78, 5) is 17.4. The first kappa shape index (κ1) is 20.3. The van der Waals surface area contributed by atoms with Gasteiger partial charge < -0.3 is 25.7 Å². The number of methoxy groups -OCH3 is 2. The predicted octanol–water partition coefficient (Wildman–Crippen LogP) is 4.21. The topological polar surface area (TPSA) is 131 Å². The van der Waals surface area contributed by atoms with Gasteiger partial charge in [-0.3, -0.25) is 9.97 Å². The Morgan fingerprint density at radius 2 is 1.67 bits per heavy atom. The van der Waals surface area contributed by atoms with Crippen LogP contribution in [0.3, 0.4) is 0 Å². The van der Waals surface area contributed by atoms with Crippen LogP contribution >= 0.6 is 0 Å². The average molecular weight is 440 g/mol. The molecule has 0 saturated heterocycles.